The number of piperazine rings is 1. The molecule has 0 atom stereocenters. The number of fused-ring (bicyclic) bond motifs is 1. The molecule has 200 valence electrons. The van der Waals surface area contributed by atoms with Crippen LogP contribution in [0.2, 0.25) is 0 Å². The maximum Gasteiger partial charge on any atom is 0.224 e. The third-order valence-electron chi connectivity index (χ3n) is 6.81. The Morgan fingerprint density at radius 2 is 1.41 bits per heavy atom. The van der Waals surface area contributed by atoms with Gasteiger partial charge in [-0.15, -0.1) is 0 Å². The lowest BCUT2D eigenvalue weighted by Gasteiger charge is -2.33. The fraction of sp³-hybridized carbons (Fsp3) is 0.258. The minimum absolute atomic E-state index is 0.0800. The van der Waals surface area contributed by atoms with Gasteiger partial charge in [-0.05, 0) is 80.2 Å². The lowest BCUT2D eigenvalue weighted by molar-refractivity contribution is -0.121. The molecule has 8 nitrogen and oxygen atoms in total. The van der Waals surface area contributed by atoms with Crippen LogP contribution in [0, 0.1) is 6.92 Å². The summed E-state index contributed by atoms with van der Waals surface area (Å²) in [6, 6.07) is 24.5. The number of nitrogens with one attached hydrogen (secondary N) is 2. The number of carbonyl (C=O) groups excluding carboxylic acids is 2. The molecule has 0 bridgehead atoms. The zero-order chi connectivity index (χ0) is 27.2. The van der Waals surface area contributed by atoms with E-state index < -0.39 is 0 Å². The molecule has 1 aliphatic rings. The Morgan fingerprint density at radius 3 is 2.10 bits per heavy atom. The molecule has 8 heteroatoms. The van der Waals surface area contributed by atoms with Crippen LogP contribution in [0.1, 0.15) is 18.4 Å². The quantitative estimate of drug-likeness (QED) is 0.320. The minimum Gasteiger partial charge on any atom is -0.457 e. The Hall–Kier alpha value is -4.43. The van der Waals surface area contributed by atoms with Gasteiger partial charge in [0.05, 0.1) is 5.52 Å². The van der Waals surface area contributed by atoms with E-state index in [4.69, 9.17) is 9.72 Å². The summed E-state index contributed by atoms with van der Waals surface area (Å²) in [6.45, 7) is 6.05. The van der Waals surface area contributed by atoms with Crippen molar-refractivity contribution in [3.05, 3.63) is 84.4 Å². The van der Waals surface area contributed by atoms with Gasteiger partial charge in [-0.1, -0.05) is 18.2 Å². The second-order valence-corrected chi connectivity index (χ2v) is 9.86. The number of hydrogen-bond acceptors (Lipinski definition) is 6. The number of aryl methyl sites for hydroxylation is 1. The number of rotatable bonds is 8. The lowest BCUT2D eigenvalue weighted by Crippen LogP contribution is -2.44. The van der Waals surface area contributed by atoms with Crippen molar-refractivity contribution < 1.29 is 14.3 Å². The number of pyridine rings is 1. The van der Waals surface area contributed by atoms with Crippen molar-refractivity contribution in [1.29, 1.82) is 0 Å². The van der Waals surface area contributed by atoms with Crippen LogP contribution in [-0.2, 0) is 9.59 Å². The summed E-state index contributed by atoms with van der Waals surface area (Å²) in [5.74, 6) is 1.98. The van der Waals surface area contributed by atoms with Gasteiger partial charge in [0.25, 0.3) is 0 Å². The number of hydrogen-bond donors (Lipinski definition) is 2. The normalized spacial score (nSPS) is 13.7. The summed E-state index contributed by atoms with van der Waals surface area (Å²) >= 11 is 0. The summed E-state index contributed by atoms with van der Waals surface area (Å²) in [5.41, 5.74) is 3.36. The molecule has 5 rings (SSSR count). The van der Waals surface area contributed by atoms with Crippen molar-refractivity contribution >= 4 is 39.9 Å². The van der Waals surface area contributed by atoms with Gasteiger partial charge >= 0.3 is 0 Å². The van der Waals surface area contributed by atoms with Gasteiger partial charge in [-0.2, -0.15) is 0 Å². The number of nitrogens with zero attached hydrogens (tertiary/aromatic N) is 3. The summed E-state index contributed by atoms with van der Waals surface area (Å²) in [6.07, 6.45) is 0.162. The first-order chi connectivity index (χ1) is 18.9. The number of benzene rings is 3. The monoisotopic (exact) mass is 523 g/mol. The van der Waals surface area contributed by atoms with Crippen LogP contribution in [0.4, 0.5) is 17.2 Å². The third kappa shape index (κ3) is 6.91. The van der Waals surface area contributed by atoms with E-state index in [-0.39, 0.29) is 24.7 Å². The van der Waals surface area contributed by atoms with E-state index in [2.05, 4.69) is 40.5 Å². The first-order valence-electron chi connectivity index (χ1n) is 13.2. The van der Waals surface area contributed by atoms with Crippen LogP contribution in [0.15, 0.2) is 78.9 Å². The zero-order valence-electron chi connectivity index (χ0n) is 22.3. The molecule has 1 aliphatic heterocycles. The van der Waals surface area contributed by atoms with Crippen molar-refractivity contribution in [2.45, 2.75) is 19.8 Å². The van der Waals surface area contributed by atoms with Crippen LogP contribution in [0.5, 0.6) is 11.5 Å². The molecule has 3 aromatic carbocycles. The average Bonchev–Trinajstić information content (AvgIpc) is 2.94. The van der Waals surface area contributed by atoms with E-state index in [1.165, 1.54) is 0 Å². The maximum absolute atomic E-state index is 12.6. The van der Waals surface area contributed by atoms with E-state index in [1.807, 2.05) is 48.5 Å². The highest BCUT2D eigenvalue weighted by atomic mass is 16.5. The van der Waals surface area contributed by atoms with Crippen molar-refractivity contribution in [1.82, 2.24) is 9.88 Å². The van der Waals surface area contributed by atoms with Crippen LogP contribution >= 0.6 is 0 Å². The smallest absolute Gasteiger partial charge is 0.224 e. The predicted molar refractivity (Wildman–Crippen MR) is 156 cm³/mol. The van der Waals surface area contributed by atoms with Gasteiger partial charge in [-0.25, -0.2) is 4.98 Å². The molecule has 1 fully saturated rings. The average molecular weight is 524 g/mol. The largest absolute Gasteiger partial charge is 0.457 e. The second-order valence-electron chi connectivity index (χ2n) is 9.86. The van der Waals surface area contributed by atoms with E-state index >= 15 is 0 Å². The molecule has 39 heavy (non-hydrogen) atoms. The summed E-state index contributed by atoms with van der Waals surface area (Å²) in [4.78, 5) is 34.5. The van der Waals surface area contributed by atoms with Crippen molar-refractivity contribution in [2.75, 3.05) is 48.8 Å². The molecule has 2 N–H and O–H groups in total. The van der Waals surface area contributed by atoms with Crippen LogP contribution in [0.3, 0.4) is 0 Å². The molecule has 1 aromatic heterocycles. The summed E-state index contributed by atoms with van der Waals surface area (Å²) in [5, 5.41) is 6.75. The molecule has 1 saturated heterocycles. The molecule has 0 saturated carbocycles. The Balaban J connectivity index is 1.12. The SMILES string of the molecule is Cc1cc(N2CCN(C)CC2)nc2ccc(NC(=O)CCC(=O)Nc3ccc(Oc4ccccc4)cc3)cc12. The van der Waals surface area contributed by atoms with Crippen LogP contribution < -0.4 is 20.3 Å². The standard InChI is InChI=1S/C31H33N5O3/c1-22-20-29(36-18-16-35(2)17-19-36)34-28-13-10-24(21-27(22)28)33-31(38)15-14-30(37)32-23-8-11-26(12-9-23)39-25-6-4-3-5-7-25/h3-13,20-21H,14-19H2,1-2H3,(H,32,37)(H,33,38). The fourth-order valence-electron chi connectivity index (χ4n) is 4.56. The van der Waals surface area contributed by atoms with Gasteiger partial charge in [-0.3, -0.25) is 9.59 Å². The molecule has 2 heterocycles. The molecular formula is C31H33N5O3. The molecule has 0 aliphatic carbocycles. The highest BCUT2D eigenvalue weighted by Crippen LogP contribution is 2.26. The van der Waals surface area contributed by atoms with Crippen molar-refractivity contribution in [3.63, 3.8) is 0 Å². The number of amides is 2. The van der Waals surface area contributed by atoms with E-state index in [0.29, 0.717) is 17.1 Å². The number of para-hydroxylation sites is 1. The first kappa shape index (κ1) is 26.2. The first-order valence-corrected chi connectivity index (χ1v) is 13.2. The van der Waals surface area contributed by atoms with Gasteiger partial charge in [0, 0.05) is 55.8 Å². The van der Waals surface area contributed by atoms with Gasteiger partial charge in [0.15, 0.2) is 0 Å². The van der Waals surface area contributed by atoms with Crippen molar-refractivity contribution in [2.24, 2.45) is 0 Å². The number of likely N-dealkylation sites (N-methyl/N-ethyl adjacent to an activating group) is 1. The topological polar surface area (TPSA) is 86.8 Å². The Kier molecular flexibility index (Phi) is 8.03. The van der Waals surface area contributed by atoms with E-state index in [9.17, 15) is 9.59 Å². The predicted octanol–water partition coefficient (Wildman–Crippen LogP) is 5.44. The second kappa shape index (κ2) is 12.0. The maximum atomic E-state index is 12.6. The number of ether oxygens (including phenoxy) is 1. The summed E-state index contributed by atoms with van der Waals surface area (Å²) < 4.78 is 5.77. The minimum atomic E-state index is -0.225. The number of anilines is 3. The summed E-state index contributed by atoms with van der Waals surface area (Å²) in [7, 11) is 2.14. The third-order valence-corrected chi connectivity index (χ3v) is 6.81. The number of aromatic nitrogens is 1. The van der Waals surface area contributed by atoms with E-state index in [1.54, 1.807) is 24.3 Å². The molecule has 2 amide bonds. The highest BCUT2D eigenvalue weighted by molar-refractivity contribution is 5.98. The van der Waals surface area contributed by atoms with Gasteiger partial charge in [0.2, 0.25) is 11.8 Å². The molecule has 4 aromatic rings. The fourth-order valence-corrected chi connectivity index (χ4v) is 4.56. The molecule has 0 unspecified atom stereocenters. The molecule has 0 spiro atoms. The number of carbonyl (C=O) groups is 2. The Bertz CT molecular complexity index is 1450. The molecular weight excluding hydrogens is 490 g/mol. The van der Waals surface area contributed by atoms with E-state index in [0.717, 1.165) is 54.2 Å². The van der Waals surface area contributed by atoms with Gasteiger partial charge < -0.3 is 25.2 Å². The Morgan fingerprint density at radius 1 is 0.795 bits per heavy atom. The lowest BCUT2D eigenvalue weighted by atomic mass is 10.1. The molecule has 0 radical (unpaired) electrons. The Labute approximate surface area is 228 Å². The van der Waals surface area contributed by atoms with Crippen LogP contribution in [-0.4, -0.2) is 54.9 Å². The van der Waals surface area contributed by atoms with Gasteiger partial charge in [0.1, 0.15) is 17.3 Å². The zero-order valence-corrected chi connectivity index (χ0v) is 22.3. The van der Waals surface area contributed by atoms with Crippen LogP contribution in [0.25, 0.3) is 10.9 Å². The highest BCUT2D eigenvalue weighted by Gasteiger charge is 2.17. The van der Waals surface area contributed by atoms with Crippen molar-refractivity contribution in [3.8, 4) is 11.5 Å².